The van der Waals surface area contributed by atoms with Gasteiger partial charge in [-0.25, -0.2) is 9.97 Å². The Bertz CT molecular complexity index is 718. The van der Waals surface area contributed by atoms with Crippen molar-refractivity contribution in [2.75, 3.05) is 11.9 Å². The molecule has 20 heavy (non-hydrogen) atoms. The molecule has 0 atom stereocenters. The number of benzene rings is 1. The van der Waals surface area contributed by atoms with Gasteiger partial charge in [-0.2, -0.15) is 0 Å². The van der Waals surface area contributed by atoms with Crippen molar-refractivity contribution in [3.63, 3.8) is 0 Å². The molecule has 5 heteroatoms. The second-order valence-corrected chi connectivity index (χ2v) is 5.60. The summed E-state index contributed by atoms with van der Waals surface area (Å²) in [6, 6.07) is 8.45. The van der Waals surface area contributed by atoms with Gasteiger partial charge in [0.2, 0.25) is 0 Å². The second-order valence-electron chi connectivity index (χ2n) is 4.53. The first kappa shape index (κ1) is 13.0. The lowest BCUT2D eigenvalue weighted by Gasteiger charge is -2.08. The summed E-state index contributed by atoms with van der Waals surface area (Å²) in [4.78, 5) is 10.2. The summed E-state index contributed by atoms with van der Waals surface area (Å²) in [5.74, 6) is 0.868. The average Bonchev–Trinajstić information content (AvgIpc) is 2.90. The largest absolute Gasteiger partial charge is 0.369 e. The maximum Gasteiger partial charge on any atom is 0.170 e. The SMILES string of the molecule is CCNc1cn2ccnc2c(Sc2ccc(C)cc2)n1. The Morgan fingerprint density at radius 2 is 2.05 bits per heavy atom. The van der Waals surface area contributed by atoms with Gasteiger partial charge in [0, 0.05) is 23.8 Å². The molecule has 1 aromatic carbocycles. The zero-order valence-electron chi connectivity index (χ0n) is 11.5. The van der Waals surface area contributed by atoms with Crippen LogP contribution < -0.4 is 5.32 Å². The van der Waals surface area contributed by atoms with Crippen LogP contribution >= 0.6 is 11.8 Å². The predicted molar refractivity (Wildman–Crippen MR) is 82.5 cm³/mol. The van der Waals surface area contributed by atoms with Crippen LogP contribution in [0.15, 0.2) is 52.8 Å². The molecule has 3 aromatic rings. The maximum absolute atomic E-state index is 4.65. The summed E-state index contributed by atoms with van der Waals surface area (Å²) in [6.45, 7) is 5.00. The minimum atomic E-state index is 0.849. The Kier molecular flexibility index (Phi) is 3.60. The molecule has 0 aliphatic rings. The van der Waals surface area contributed by atoms with E-state index in [4.69, 9.17) is 0 Å². The van der Waals surface area contributed by atoms with Crippen LogP contribution in [0.1, 0.15) is 12.5 Å². The van der Waals surface area contributed by atoms with Gasteiger partial charge in [0.1, 0.15) is 10.8 Å². The first-order chi connectivity index (χ1) is 9.76. The summed E-state index contributed by atoms with van der Waals surface area (Å²) in [5, 5.41) is 4.17. The number of aromatic nitrogens is 3. The third kappa shape index (κ3) is 2.63. The van der Waals surface area contributed by atoms with Crippen molar-refractivity contribution in [2.24, 2.45) is 0 Å². The fourth-order valence-electron chi connectivity index (χ4n) is 1.96. The molecule has 3 rings (SSSR count). The number of nitrogens with zero attached hydrogens (tertiary/aromatic N) is 3. The Balaban J connectivity index is 2.00. The molecular formula is C15H16N4S. The highest BCUT2D eigenvalue weighted by atomic mass is 32.2. The van der Waals surface area contributed by atoms with E-state index < -0.39 is 0 Å². The van der Waals surface area contributed by atoms with Crippen LogP contribution in [0.4, 0.5) is 5.82 Å². The molecule has 1 N–H and O–H groups in total. The normalized spacial score (nSPS) is 10.9. The molecule has 0 spiro atoms. The molecule has 102 valence electrons. The first-order valence-corrected chi connectivity index (χ1v) is 7.40. The summed E-state index contributed by atoms with van der Waals surface area (Å²) in [7, 11) is 0. The first-order valence-electron chi connectivity index (χ1n) is 6.58. The van der Waals surface area contributed by atoms with E-state index in [-0.39, 0.29) is 0 Å². The van der Waals surface area contributed by atoms with Crippen LogP contribution in [0.2, 0.25) is 0 Å². The van der Waals surface area contributed by atoms with Crippen LogP contribution in [0.25, 0.3) is 5.65 Å². The third-order valence-electron chi connectivity index (χ3n) is 2.94. The van der Waals surface area contributed by atoms with E-state index in [1.807, 2.05) is 16.8 Å². The van der Waals surface area contributed by atoms with Gasteiger partial charge in [-0.15, -0.1) is 0 Å². The summed E-state index contributed by atoms with van der Waals surface area (Å²) in [5.41, 5.74) is 2.15. The molecule has 0 fully saturated rings. The molecular weight excluding hydrogens is 268 g/mol. The van der Waals surface area contributed by atoms with Crippen LogP contribution in [-0.2, 0) is 0 Å². The van der Waals surface area contributed by atoms with Gasteiger partial charge in [0.25, 0.3) is 0 Å². The van der Waals surface area contributed by atoms with Gasteiger partial charge in [-0.05, 0) is 26.0 Å². The van der Waals surface area contributed by atoms with Crippen molar-refractivity contribution >= 4 is 23.2 Å². The molecule has 0 saturated heterocycles. The number of imidazole rings is 1. The monoisotopic (exact) mass is 284 g/mol. The predicted octanol–water partition coefficient (Wildman–Crippen LogP) is 3.62. The van der Waals surface area contributed by atoms with Gasteiger partial charge >= 0.3 is 0 Å². The number of fused-ring (bicyclic) bond motifs is 1. The topological polar surface area (TPSA) is 42.2 Å². The van der Waals surface area contributed by atoms with Crippen LogP contribution in [-0.4, -0.2) is 20.9 Å². The van der Waals surface area contributed by atoms with E-state index in [1.54, 1.807) is 18.0 Å². The third-order valence-corrected chi connectivity index (χ3v) is 3.91. The fourth-order valence-corrected chi connectivity index (χ4v) is 2.84. The molecule has 0 aliphatic heterocycles. The highest BCUT2D eigenvalue weighted by molar-refractivity contribution is 7.99. The summed E-state index contributed by atoms with van der Waals surface area (Å²) >= 11 is 1.64. The summed E-state index contributed by atoms with van der Waals surface area (Å²) in [6.07, 6.45) is 5.70. The molecule has 2 aromatic heterocycles. The molecule has 2 heterocycles. The molecule has 0 saturated carbocycles. The lowest BCUT2D eigenvalue weighted by atomic mass is 10.2. The number of hydrogen-bond acceptors (Lipinski definition) is 4. The van der Waals surface area contributed by atoms with E-state index in [2.05, 4.69) is 53.4 Å². The Morgan fingerprint density at radius 3 is 2.80 bits per heavy atom. The number of rotatable bonds is 4. The van der Waals surface area contributed by atoms with Crippen molar-refractivity contribution in [3.8, 4) is 0 Å². The van der Waals surface area contributed by atoms with Gasteiger partial charge in [0.05, 0.1) is 6.20 Å². The molecule has 0 unspecified atom stereocenters. The quantitative estimate of drug-likeness (QED) is 0.794. The highest BCUT2D eigenvalue weighted by Crippen LogP contribution is 2.30. The number of nitrogens with one attached hydrogen (secondary N) is 1. The zero-order chi connectivity index (χ0) is 13.9. The van der Waals surface area contributed by atoms with Crippen molar-refractivity contribution in [3.05, 3.63) is 48.4 Å². The minimum absolute atomic E-state index is 0.849. The molecule has 0 bridgehead atoms. The van der Waals surface area contributed by atoms with Gasteiger partial charge in [-0.1, -0.05) is 29.5 Å². The molecule has 0 aliphatic carbocycles. The van der Waals surface area contributed by atoms with Crippen molar-refractivity contribution in [2.45, 2.75) is 23.8 Å². The van der Waals surface area contributed by atoms with Crippen LogP contribution in [0.3, 0.4) is 0 Å². The minimum Gasteiger partial charge on any atom is -0.369 e. The Hall–Kier alpha value is -2.01. The van der Waals surface area contributed by atoms with Crippen LogP contribution in [0.5, 0.6) is 0 Å². The molecule has 0 amide bonds. The van der Waals surface area contributed by atoms with Crippen molar-refractivity contribution in [1.82, 2.24) is 14.4 Å². The lowest BCUT2D eigenvalue weighted by molar-refractivity contribution is 1.01. The van der Waals surface area contributed by atoms with Gasteiger partial charge in [-0.3, -0.25) is 0 Å². The van der Waals surface area contributed by atoms with Crippen molar-refractivity contribution in [1.29, 1.82) is 0 Å². The van der Waals surface area contributed by atoms with E-state index in [1.165, 1.54) is 10.5 Å². The van der Waals surface area contributed by atoms with Crippen molar-refractivity contribution < 1.29 is 0 Å². The highest BCUT2D eigenvalue weighted by Gasteiger charge is 2.09. The van der Waals surface area contributed by atoms with E-state index in [0.29, 0.717) is 0 Å². The van der Waals surface area contributed by atoms with E-state index in [0.717, 1.165) is 23.0 Å². The van der Waals surface area contributed by atoms with E-state index >= 15 is 0 Å². The molecule has 4 nitrogen and oxygen atoms in total. The Labute approximate surface area is 122 Å². The fraction of sp³-hybridized carbons (Fsp3) is 0.200. The summed E-state index contributed by atoms with van der Waals surface area (Å²) < 4.78 is 2.00. The standard InChI is InChI=1S/C15H16N4S/c1-3-16-13-10-19-9-8-17-14(19)15(18-13)20-12-6-4-11(2)5-7-12/h4-10,16H,3H2,1-2H3. The Morgan fingerprint density at radius 1 is 1.25 bits per heavy atom. The van der Waals surface area contributed by atoms with E-state index in [9.17, 15) is 0 Å². The number of aryl methyl sites for hydroxylation is 1. The smallest absolute Gasteiger partial charge is 0.170 e. The van der Waals surface area contributed by atoms with Crippen LogP contribution in [0, 0.1) is 6.92 Å². The maximum atomic E-state index is 4.65. The second kappa shape index (κ2) is 5.54. The average molecular weight is 284 g/mol. The number of hydrogen-bond donors (Lipinski definition) is 1. The lowest BCUT2D eigenvalue weighted by Crippen LogP contribution is -2.02. The zero-order valence-corrected chi connectivity index (χ0v) is 12.3. The molecule has 0 radical (unpaired) electrons. The number of anilines is 1. The van der Waals surface area contributed by atoms with Gasteiger partial charge < -0.3 is 9.72 Å². The van der Waals surface area contributed by atoms with Gasteiger partial charge in [0.15, 0.2) is 5.65 Å².